The maximum atomic E-state index is 5.88. The Morgan fingerprint density at radius 2 is 1.68 bits per heavy atom. The Balaban J connectivity index is 1.70. The number of methoxy groups -OCH3 is 1. The Morgan fingerprint density at radius 3 is 2.32 bits per heavy atom. The van der Waals surface area contributed by atoms with E-state index in [4.69, 9.17) is 9.47 Å². The Kier molecular flexibility index (Phi) is 7.63. The maximum absolute atomic E-state index is 5.88. The van der Waals surface area contributed by atoms with E-state index in [-0.39, 0.29) is 6.10 Å². The van der Waals surface area contributed by atoms with Crippen molar-refractivity contribution in [2.24, 2.45) is 4.99 Å². The van der Waals surface area contributed by atoms with Crippen LogP contribution in [0, 0.1) is 0 Å². The molecule has 2 rings (SSSR count). The summed E-state index contributed by atoms with van der Waals surface area (Å²) >= 11 is 0. The molecule has 1 unspecified atom stereocenters. The van der Waals surface area contributed by atoms with E-state index < -0.39 is 0 Å². The van der Waals surface area contributed by atoms with E-state index in [2.05, 4.69) is 39.9 Å². The van der Waals surface area contributed by atoms with Gasteiger partial charge >= 0.3 is 0 Å². The molecule has 0 aliphatic rings. The van der Waals surface area contributed by atoms with Crippen LogP contribution in [0.2, 0.25) is 0 Å². The number of hydrogen-bond acceptors (Lipinski definition) is 3. The summed E-state index contributed by atoms with van der Waals surface area (Å²) in [6, 6.07) is 18.0. The molecule has 0 fully saturated rings. The predicted octanol–water partition coefficient (Wildman–Crippen LogP) is 2.87. The molecule has 0 saturated heterocycles. The van der Waals surface area contributed by atoms with Gasteiger partial charge in [-0.1, -0.05) is 30.3 Å². The van der Waals surface area contributed by atoms with Gasteiger partial charge in [0.1, 0.15) is 17.6 Å². The number of aliphatic imine (C=N–C) groups is 1. The fraction of sp³-hybridized carbons (Fsp3) is 0.350. The summed E-state index contributed by atoms with van der Waals surface area (Å²) in [7, 11) is 3.42. The molecular weight excluding hydrogens is 314 g/mol. The normalized spacial score (nSPS) is 12.4. The summed E-state index contributed by atoms with van der Waals surface area (Å²) in [5.74, 6) is 2.42. The van der Waals surface area contributed by atoms with E-state index in [0.717, 1.165) is 30.4 Å². The molecule has 2 N–H and O–H groups in total. The number of nitrogens with zero attached hydrogens (tertiary/aromatic N) is 1. The minimum atomic E-state index is 0.0149. The minimum Gasteiger partial charge on any atom is -0.497 e. The van der Waals surface area contributed by atoms with Crippen LogP contribution in [0.15, 0.2) is 59.6 Å². The van der Waals surface area contributed by atoms with Crippen LogP contribution in [-0.4, -0.2) is 39.3 Å². The second kappa shape index (κ2) is 10.2. The standard InChI is InChI=1S/C20H27N3O2/c1-16(25-19-11-9-18(24-3)10-12-19)15-23-20(21-2)22-14-13-17-7-5-4-6-8-17/h4-12,16H,13-15H2,1-3H3,(H2,21,22,23). The van der Waals surface area contributed by atoms with Crippen molar-refractivity contribution in [3.8, 4) is 11.5 Å². The van der Waals surface area contributed by atoms with E-state index in [1.54, 1.807) is 14.2 Å². The quantitative estimate of drug-likeness (QED) is 0.573. The summed E-state index contributed by atoms with van der Waals surface area (Å²) in [4.78, 5) is 4.24. The molecule has 0 bridgehead atoms. The molecule has 1 atom stereocenters. The SMILES string of the molecule is CN=C(NCCc1ccccc1)NCC(C)Oc1ccc(OC)cc1. The minimum absolute atomic E-state index is 0.0149. The van der Waals surface area contributed by atoms with Gasteiger partial charge in [-0.15, -0.1) is 0 Å². The summed E-state index contributed by atoms with van der Waals surface area (Å²) in [6.07, 6.45) is 0.973. The molecule has 0 radical (unpaired) electrons. The van der Waals surface area contributed by atoms with Crippen LogP contribution in [0.3, 0.4) is 0 Å². The zero-order valence-corrected chi connectivity index (χ0v) is 15.2. The zero-order valence-electron chi connectivity index (χ0n) is 15.2. The average Bonchev–Trinajstić information content (AvgIpc) is 2.66. The first-order valence-electron chi connectivity index (χ1n) is 8.50. The molecule has 0 aliphatic carbocycles. The first kappa shape index (κ1) is 18.6. The Labute approximate surface area is 150 Å². The molecule has 134 valence electrons. The van der Waals surface area contributed by atoms with Crippen molar-refractivity contribution in [2.75, 3.05) is 27.2 Å². The third kappa shape index (κ3) is 6.75. The lowest BCUT2D eigenvalue weighted by molar-refractivity contribution is 0.223. The van der Waals surface area contributed by atoms with Crippen molar-refractivity contribution in [1.29, 1.82) is 0 Å². The first-order valence-corrected chi connectivity index (χ1v) is 8.50. The van der Waals surface area contributed by atoms with Gasteiger partial charge in [-0.25, -0.2) is 0 Å². The largest absolute Gasteiger partial charge is 0.497 e. The van der Waals surface area contributed by atoms with Gasteiger partial charge in [0.2, 0.25) is 0 Å². The molecule has 0 spiro atoms. The van der Waals surface area contributed by atoms with Crippen molar-refractivity contribution >= 4 is 5.96 Å². The molecule has 0 amide bonds. The fourth-order valence-electron chi connectivity index (χ4n) is 2.36. The van der Waals surface area contributed by atoms with Gasteiger partial charge < -0.3 is 20.1 Å². The lowest BCUT2D eigenvalue weighted by atomic mass is 10.1. The highest BCUT2D eigenvalue weighted by Gasteiger charge is 2.06. The summed E-state index contributed by atoms with van der Waals surface area (Å²) in [5, 5.41) is 6.61. The van der Waals surface area contributed by atoms with E-state index in [1.807, 2.05) is 37.3 Å². The molecule has 0 saturated carbocycles. The van der Waals surface area contributed by atoms with Crippen molar-refractivity contribution < 1.29 is 9.47 Å². The van der Waals surface area contributed by atoms with Crippen LogP contribution in [0.1, 0.15) is 12.5 Å². The second-order valence-corrected chi connectivity index (χ2v) is 5.72. The van der Waals surface area contributed by atoms with Crippen LogP contribution >= 0.6 is 0 Å². The van der Waals surface area contributed by atoms with E-state index in [1.165, 1.54) is 5.56 Å². The Morgan fingerprint density at radius 1 is 1.00 bits per heavy atom. The molecule has 0 heterocycles. The first-order chi connectivity index (χ1) is 12.2. The van der Waals surface area contributed by atoms with E-state index in [9.17, 15) is 0 Å². The number of hydrogen-bond donors (Lipinski definition) is 2. The molecule has 25 heavy (non-hydrogen) atoms. The van der Waals surface area contributed by atoms with Gasteiger partial charge in [0.15, 0.2) is 5.96 Å². The number of ether oxygens (including phenoxy) is 2. The lowest BCUT2D eigenvalue weighted by Gasteiger charge is -2.18. The molecule has 2 aromatic rings. The monoisotopic (exact) mass is 341 g/mol. The van der Waals surface area contributed by atoms with Gasteiger partial charge in [0.25, 0.3) is 0 Å². The zero-order chi connectivity index (χ0) is 17.9. The molecule has 0 aromatic heterocycles. The van der Waals surface area contributed by atoms with Gasteiger partial charge in [-0.2, -0.15) is 0 Å². The fourth-order valence-corrected chi connectivity index (χ4v) is 2.36. The summed E-state index contributed by atoms with van der Waals surface area (Å²) in [6.45, 7) is 3.52. The topological polar surface area (TPSA) is 54.9 Å². The molecule has 2 aromatic carbocycles. The molecule has 5 heteroatoms. The summed E-state index contributed by atoms with van der Waals surface area (Å²) < 4.78 is 11.0. The summed E-state index contributed by atoms with van der Waals surface area (Å²) in [5.41, 5.74) is 1.31. The number of benzene rings is 2. The second-order valence-electron chi connectivity index (χ2n) is 5.72. The van der Waals surface area contributed by atoms with Crippen LogP contribution in [-0.2, 0) is 6.42 Å². The highest BCUT2D eigenvalue weighted by molar-refractivity contribution is 5.79. The van der Waals surface area contributed by atoms with Gasteiger partial charge in [-0.3, -0.25) is 4.99 Å². The Hall–Kier alpha value is -2.69. The van der Waals surface area contributed by atoms with Gasteiger partial charge in [0, 0.05) is 13.6 Å². The third-order valence-electron chi connectivity index (χ3n) is 3.73. The highest BCUT2D eigenvalue weighted by Crippen LogP contribution is 2.17. The van der Waals surface area contributed by atoms with Crippen molar-refractivity contribution in [3.05, 3.63) is 60.2 Å². The smallest absolute Gasteiger partial charge is 0.191 e. The Bertz CT molecular complexity index is 642. The van der Waals surface area contributed by atoms with Crippen molar-refractivity contribution in [2.45, 2.75) is 19.4 Å². The molecule has 5 nitrogen and oxygen atoms in total. The van der Waals surface area contributed by atoms with Crippen LogP contribution in [0.25, 0.3) is 0 Å². The van der Waals surface area contributed by atoms with Gasteiger partial charge in [-0.05, 0) is 43.2 Å². The van der Waals surface area contributed by atoms with Crippen LogP contribution in [0.4, 0.5) is 0 Å². The van der Waals surface area contributed by atoms with Crippen molar-refractivity contribution in [3.63, 3.8) is 0 Å². The molecular formula is C20H27N3O2. The third-order valence-corrected chi connectivity index (χ3v) is 3.73. The maximum Gasteiger partial charge on any atom is 0.191 e. The van der Waals surface area contributed by atoms with Crippen molar-refractivity contribution in [1.82, 2.24) is 10.6 Å². The van der Waals surface area contributed by atoms with Crippen LogP contribution in [0.5, 0.6) is 11.5 Å². The highest BCUT2D eigenvalue weighted by atomic mass is 16.5. The predicted molar refractivity (Wildman–Crippen MR) is 103 cm³/mol. The van der Waals surface area contributed by atoms with Crippen LogP contribution < -0.4 is 20.1 Å². The lowest BCUT2D eigenvalue weighted by Crippen LogP contribution is -2.42. The number of guanidine groups is 1. The molecule has 0 aliphatic heterocycles. The number of rotatable bonds is 8. The number of nitrogens with one attached hydrogen (secondary N) is 2. The average molecular weight is 341 g/mol. The van der Waals surface area contributed by atoms with E-state index >= 15 is 0 Å². The van der Waals surface area contributed by atoms with E-state index in [0.29, 0.717) is 6.54 Å². The van der Waals surface area contributed by atoms with Gasteiger partial charge in [0.05, 0.1) is 13.7 Å².